The van der Waals surface area contributed by atoms with Gasteiger partial charge in [-0.1, -0.05) is 31.4 Å². The summed E-state index contributed by atoms with van der Waals surface area (Å²) in [6, 6.07) is 14.8. The van der Waals surface area contributed by atoms with Crippen molar-refractivity contribution in [3.8, 4) is 5.75 Å². The summed E-state index contributed by atoms with van der Waals surface area (Å²) in [5, 5.41) is 5.14. The monoisotopic (exact) mass is 474 g/mol. The van der Waals surface area contributed by atoms with Crippen molar-refractivity contribution in [2.24, 2.45) is 5.10 Å². The summed E-state index contributed by atoms with van der Waals surface area (Å²) >= 11 is 0. The molecule has 0 atom stereocenters. The molecule has 0 radical (unpaired) electrons. The van der Waals surface area contributed by atoms with Gasteiger partial charge in [-0.3, -0.25) is 9.59 Å². The fraction of sp³-hybridized carbons (Fsp3) is 0.407. The number of rotatable bonds is 6. The molecule has 0 bridgehead atoms. The molecule has 8 nitrogen and oxygen atoms in total. The van der Waals surface area contributed by atoms with Crippen LogP contribution in [0.3, 0.4) is 0 Å². The van der Waals surface area contributed by atoms with Gasteiger partial charge in [0.25, 0.3) is 11.5 Å². The van der Waals surface area contributed by atoms with Crippen molar-refractivity contribution in [3.05, 3.63) is 70.3 Å². The Balaban J connectivity index is 1.33. The summed E-state index contributed by atoms with van der Waals surface area (Å²) < 4.78 is 12.4. The Kier molecular flexibility index (Phi) is 7.18. The summed E-state index contributed by atoms with van der Waals surface area (Å²) in [6.07, 6.45) is 7.24. The molecule has 0 spiro atoms. The second kappa shape index (κ2) is 10.8. The molecule has 1 aliphatic carbocycles. The predicted molar refractivity (Wildman–Crippen MR) is 134 cm³/mol. The Labute approximate surface area is 204 Å². The van der Waals surface area contributed by atoms with Crippen molar-refractivity contribution < 1.29 is 14.3 Å². The average molecular weight is 475 g/mol. The van der Waals surface area contributed by atoms with E-state index in [1.165, 1.54) is 11.1 Å². The van der Waals surface area contributed by atoms with Gasteiger partial charge in [0.05, 0.1) is 30.3 Å². The number of fused-ring (bicyclic) bond motifs is 1. The van der Waals surface area contributed by atoms with Crippen LogP contribution < -0.4 is 10.3 Å². The zero-order valence-corrected chi connectivity index (χ0v) is 19.8. The summed E-state index contributed by atoms with van der Waals surface area (Å²) in [4.78, 5) is 32.2. The molecule has 2 aliphatic rings. The smallest absolute Gasteiger partial charge is 0.282 e. The lowest BCUT2D eigenvalue weighted by molar-refractivity contribution is -0.137. The largest absolute Gasteiger partial charge is 0.484 e. The highest BCUT2D eigenvalue weighted by molar-refractivity contribution is 5.81. The van der Waals surface area contributed by atoms with Crippen molar-refractivity contribution in [2.75, 3.05) is 32.9 Å². The third-order valence-electron chi connectivity index (χ3n) is 6.68. The zero-order valence-electron chi connectivity index (χ0n) is 19.8. The van der Waals surface area contributed by atoms with Gasteiger partial charge in [-0.05, 0) is 54.8 Å². The topological polar surface area (TPSA) is 86.0 Å². The van der Waals surface area contributed by atoms with Crippen molar-refractivity contribution in [2.45, 2.75) is 38.0 Å². The number of nitrogens with zero attached hydrogens (tertiary/aromatic N) is 4. The van der Waals surface area contributed by atoms with Crippen LogP contribution in [0.1, 0.15) is 49.4 Å². The summed E-state index contributed by atoms with van der Waals surface area (Å²) in [6.45, 7) is 2.33. The Morgan fingerprint density at radius 2 is 1.80 bits per heavy atom. The van der Waals surface area contributed by atoms with Crippen LogP contribution in [0, 0.1) is 0 Å². The van der Waals surface area contributed by atoms with Gasteiger partial charge in [0.1, 0.15) is 11.6 Å². The van der Waals surface area contributed by atoms with Crippen LogP contribution in [0.5, 0.6) is 5.75 Å². The molecule has 3 aromatic rings. The number of aromatic nitrogens is 2. The van der Waals surface area contributed by atoms with Crippen LogP contribution in [0.15, 0.2) is 58.4 Å². The molecule has 1 aromatic heterocycles. The second-order valence-electron chi connectivity index (χ2n) is 9.03. The van der Waals surface area contributed by atoms with Crippen molar-refractivity contribution >= 4 is 23.0 Å². The standard InChI is InChI=1S/C27H30N4O4/c32-25(30-14-16-34-17-15-30)19-35-22-12-10-20(11-13-22)18-28-31-26(21-6-2-1-3-7-21)29-24-9-5-4-8-23(24)27(31)33/h4-5,8-13,18,21H,1-3,6-7,14-17,19H2. The number of carbonyl (C=O) groups excluding carboxylic acids is 1. The second-order valence-corrected chi connectivity index (χ2v) is 9.03. The fourth-order valence-corrected chi connectivity index (χ4v) is 4.70. The maximum atomic E-state index is 13.3. The highest BCUT2D eigenvalue weighted by atomic mass is 16.5. The first-order valence-corrected chi connectivity index (χ1v) is 12.3. The van der Waals surface area contributed by atoms with E-state index in [4.69, 9.17) is 14.5 Å². The molecule has 2 aromatic carbocycles. The molecule has 182 valence electrons. The zero-order chi connectivity index (χ0) is 24.0. The summed E-state index contributed by atoms with van der Waals surface area (Å²) in [5.74, 6) is 1.54. The van der Waals surface area contributed by atoms with Gasteiger partial charge in [-0.25, -0.2) is 4.98 Å². The van der Waals surface area contributed by atoms with E-state index >= 15 is 0 Å². The first kappa shape index (κ1) is 23.2. The Morgan fingerprint density at radius 3 is 2.57 bits per heavy atom. The lowest BCUT2D eigenvalue weighted by Crippen LogP contribution is -2.42. The quantitative estimate of drug-likeness (QED) is 0.510. The van der Waals surface area contributed by atoms with Crippen molar-refractivity contribution in [3.63, 3.8) is 0 Å². The van der Waals surface area contributed by atoms with E-state index in [9.17, 15) is 9.59 Å². The van der Waals surface area contributed by atoms with E-state index in [1.807, 2.05) is 30.3 Å². The Bertz CT molecular complexity index is 1260. The maximum Gasteiger partial charge on any atom is 0.282 e. The highest BCUT2D eigenvalue weighted by Gasteiger charge is 2.22. The van der Waals surface area contributed by atoms with Crippen LogP contribution in [-0.4, -0.2) is 59.6 Å². The SMILES string of the molecule is O=C(COc1ccc(C=Nn2c(C3CCCCC3)nc3ccccc3c2=O)cc1)N1CCOCC1. The van der Waals surface area contributed by atoms with Gasteiger partial charge >= 0.3 is 0 Å². The highest BCUT2D eigenvalue weighted by Crippen LogP contribution is 2.31. The van der Waals surface area contributed by atoms with Gasteiger partial charge < -0.3 is 14.4 Å². The number of hydrogen-bond donors (Lipinski definition) is 0. The van der Waals surface area contributed by atoms with Crippen LogP contribution in [0.25, 0.3) is 10.9 Å². The third-order valence-corrected chi connectivity index (χ3v) is 6.68. The molecule has 1 saturated heterocycles. The van der Waals surface area contributed by atoms with Crippen LogP contribution in [-0.2, 0) is 9.53 Å². The number of carbonyl (C=O) groups is 1. The third kappa shape index (κ3) is 5.43. The number of hydrogen-bond acceptors (Lipinski definition) is 6. The molecule has 5 rings (SSSR count). The molecule has 2 heterocycles. The van der Waals surface area contributed by atoms with E-state index < -0.39 is 0 Å². The summed E-state index contributed by atoms with van der Waals surface area (Å²) in [7, 11) is 0. The van der Waals surface area contributed by atoms with Gasteiger partial charge in [0.2, 0.25) is 0 Å². The molecule has 8 heteroatoms. The van der Waals surface area contributed by atoms with Gasteiger partial charge in [-0.2, -0.15) is 9.78 Å². The van der Waals surface area contributed by atoms with E-state index in [0.29, 0.717) is 37.4 Å². The van der Waals surface area contributed by atoms with Crippen LogP contribution in [0.2, 0.25) is 0 Å². The first-order chi connectivity index (χ1) is 17.2. The number of amides is 1. The first-order valence-electron chi connectivity index (χ1n) is 12.3. The molecule has 1 aliphatic heterocycles. The lowest BCUT2D eigenvalue weighted by atomic mass is 9.88. The molecule has 2 fully saturated rings. The average Bonchev–Trinajstić information content (AvgIpc) is 2.92. The molecule has 0 unspecified atom stereocenters. The van der Waals surface area contributed by atoms with E-state index in [1.54, 1.807) is 29.3 Å². The van der Waals surface area contributed by atoms with Gasteiger partial charge in [-0.15, -0.1) is 0 Å². The number of para-hydroxylation sites is 1. The number of benzene rings is 2. The summed E-state index contributed by atoms with van der Waals surface area (Å²) in [5.41, 5.74) is 1.40. The molecular weight excluding hydrogens is 444 g/mol. The maximum absolute atomic E-state index is 13.3. The minimum absolute atomic E-state index is 0.00363. The van der Waals surface area contributed by atoms with E-state index in [2.05, 4.69) is 5.10 Å². The van der Waals surface area contributed by atoms with Gasteiger partial charge in [0, 0.05) is 19.0 Å². The number of ether oxygens (including phenoxy) is 2. The molecule has 1 amide bonds. The fourth-order valence-electron chi connectivity index (χ4n) is 4.70. The Hall–Kier alpha value is -3.52. The minimum Gasteiger partial charge on any atom is -0.484 e. The number of morpholine rings is 1. The van der Waals surface area contributed by atoms with Crippen molar-refractivity contribution in [1.29, 1.82) is 0 Å². The lowest BCUT2D eigenvalue weighted by Gasteiger charge is -2.26. The minimum atomic E-state index is -0.144. The Morgan fingerprint density at radius 1 is 1.06 bits per heavy atom. The molecule has 0 N–H and O–H groups in total. The molecular formula is C27H30N4O4. The van der Waals surface area contributed by atoms with Crippen LogP contribution >= 0.6 is 0 Å². The molecule has 35 heavy (non-hydrogen) atoms. The van der Waals surface area contributed by atoms with E-state index in [-0.39, 0.29) is 24.0 Å². The normalized spacial score (nSPS) is 17.2. The predicted octanol–water partition coefficient (Wildman–Crippen LogP) is 3.56. The van der Waals surface area contributed by atoms with Gasteiger partial charge in [0.15, 0.2) is 6.61 Å². The van der Waals surface area contributed by atoms with Crippen LogP contribution in [0.4, 0.5) is 0 Å². The van der Waals surface area contributed by atoms with E-state index in [0.717, 1.165) is 42.6 Å². The molecule has 1 saturated carbocycles. The van der Waals surface area contributed by atoms with Crippen molar-refractivity contribution in [1.82, 2.24) is 14.6 Å².